The van der Waals surface area contributed by atoms with Gasteiger partial charge in [0.15, 0.2) is 17.7 Å². The minimum atomic E-state index is -1.30. The minimum Gasteiger partial charge on any atom is -0.548 e. The van der Waals surface area contributed by atoms with E-state index in [1.54, 1.807) is 0 Å². The minimum absolute atomic E-state index is 0.206. The normalized spacial score (nSPS) is 26.9. The van der Waals surface area contributed by atoms with Gasteiger partial charge in [0.25, 0.3) is 0 Å². The first-order valence-electron chi connectivity index (χ1n) is 9.03. The largest absolute Gasteiger partial charge is 0.548 e. The molecule has 1 aliphatic rings. The second kappa shape index (κ2) is 9.05. The maximum Gasteiger partial charge on any atom is 0.167 e. The number of aliphatic hydroxyl groups excluding tert-OH is 2. The molecule has 1 fully saturated rings. The number of hydrogen-bond acceptors (Lipinski definition) is 10. The molecule has 0 radical (unpaired) electrons. The summed E-state index contributed by atoms with van der Waals surface area (Å²) in [5.41, 5.74) is 12.1. The summed E-state index contributed by atoms with van der Waals surface area (Å²) in [5, 5.41) is 33.8. The molecule has 3 heterocycles. The zero-order valence-corrected chi connectivity index (χ0v) is 16.6. The molecule has 0 aromatic carbocycles. The first kappa shape index (κ1) is 21.5. The third-order valence-electron chi connectivity index (χ3n) is 4.70. The number of allylic oxidation sites excluding steroid dienone is 1. The van der Waals surface area contributed by atoms with Crippen LogP contribution in [0.2, 0.25) is 0 Å². The number of hydrogen-bond donors (Lipinski definition) is 4. The van der Waals surface area contributed by atoms with Crippen molar-refractivity contribution >= 4 is 33.8 Å². The van der Waals surface area contributed by atoms with Crippen molar-refractivity contribution in [2.45, 2.75) is 43.9 Å². The lowest BCUT2D eigenvalue weighted by atomic mass is 10.1. The molecule has 158 valence electrons. The number of nitrogens with zero attached hydrogens (tertiary/aromatic N) is 4. The average Bonchev–Trinajstić information content (AvgIpc) is 3.23. The second-order valence-electron chi connectivity index (χ2n) is 6.72. The number of nitrogens with two attached hydrogens (primary N) is 2. The summed E-state index contributed by atoms with van der Waals surface area (Å²) in [6.07, 6.45) is 0.931. The van der Waals surface area contributed by atoms with E-state index >= 15 is 0 Å². The Morgan fingerprint density at radius 2 is 2.17 bits per heavy atom. The van der Waals surface area contributed by atoms with Crippen LogP contribution < -0.4 is 16.6 Å². The number of ether oxygens (including phenoxy) is 1. The number of anilines is 1. The topological polar surface area (TPSA) is 185 Å². The van der Waals surface area contributed by atoms with Gasteiger partial charge in [0, 0.05) is 23.4 Å². The Labute approximate surface area is 169 Å². The predicted molar refractivity (Wildman–Crippen MR) is 105 cm³/mol. The molecule has 0 spiro atoms. The Kier molecular flexibility index (Phi) is 6.70. The van der Waals surface area contributed by atoms with Crippen molar-refractivity contribution in [1.29, 1.82) is 0 Å². The van der Waals surface area contributed by atoms with Crippen LogP contribution in [0.1, 0.15) is 19.6 Å². The summed E-state index contributed by atoms with van der Waals surface area (Å²) in [7, 11) is -0.398. The molecule has 2 aromatic rings. The molecule has 6 N–H and O–H groups in total. The van der Waals surface area contributed by atoms with Crippen LogP contribution in [0.5, 0.6) is 0 Å². The third kappa shape index (κ3) is 4.51. The molecule has 29 heavy (non-hydrogen) atoms. The zero-order chi connectivity index (χ0) is 21.1. The summed E-state index contributed by atoms with van der Waals surface area (Å²) >= 11 is 0. The maximum absolute atomic E-state index is 10.8. The van der Waals surface area contributed by atoms with Gasteiger partial charge in [0.05, 0.1) is 12.3 Å². The lowest BCUT2D eigenvalue weighted by molar-refractivity contribution is -0.307. The number of carboxylic acid groups (broad SMARTS) is 1. The summed E-state index contributed by atoms with van der Waals surface area (Å²) in [6.45, 7) is 1.85. The van der Waals surface area contributed by atoms with Crippen LogP contribution in [0, 0.1) is 0 Å². The van der Waals surface area contributed by atoms with E-state index in [1.807, 2.05) is 18.4 Å². The predicted octanol–water partition coefficient (Wildman–Crippen LogP) is -2.35. The van der Waals surface area contributed by atoms with Crippen molar-refractivity contribution in [2.75, 3.05) is 17.2 Å². The quantitative estimate of drug-likeness (QED) is 0.334. The van der Waals surface area contributed by atoms with Gasteiger partial charge in [-0.15, -0.1) is 0 Å². The van der Waals surface area contributed by atoms with Gasteiger partial charge in [-0.3, -0.25) is 4.57 Å². The number of rotatable bonds is 8. The van der Waals surface area contributed by atoms with Gasteiger partial charge >= 0.3 is 0 Å². The highest BCUT2D eigenvalue weighted by molar-refractivity contribution is 7.99. The molecule has 0 bridgehead atoms. The summed E-state index contributed by atoms with van der Waals surface area (Å²) in [6, 6.07) is -1.05. The van der Waals surface area contributed by atoms with Gasteiger partial charge in [-0.2, -0.15) is 0 Å². The maximum atomic E-state index is 10.8. The highest BCUT2D eigenvalue weighted by atomic mass is 32.2. The van der Waals surface area contributed by atoms with E-state index in [-0.39, 0.29) is 12.2 Å². The van der Waals surface area contributed by atoms with Gasteiger partial charge in [-0.1, -0.05) is 0 Å². The molecular weight excluding hydrogens is 400 g/mol. The number of aliphatic carboxylic acids is 1. The van der Waals surface area contributed by atoms with Gasteiger partial charge in [-0.25, -0.2) is 15.0 Å². The number of nitrogen functional groups attached to an aromatic ring is 1. The monoisotopic (exact) mass is 424 g/mol. The number of imidazole rings is 1. The van der Waals surface area contributed by atoms with Crippen molar-refractivity contribution in [3.05, 3.63) is 24.1 Å². The summed E-state index contributed by atoms with van der Waals surface area (Å²) in [5.74, 6) is -0.181. The Balaban J connectivity index is 1.74. The van der Waals surface area contributed by atoms with Gasteiger partial charge in [0.2, 0.25) is 0 Å². The van der Waals surface area contributed by atoms with Crippen LogP contribution in [0.4, 0.5) is 5.82 Å². The Morgan fingerprint density at radius 1 is 1.41 bits per heavy atom. The number of fused-ring (bicyclic) bond motifs is 1. The molecule has 0 saturated carbocycles. The van der Waals surface area contributed by atoms with E-state index in [9.17, 15) is 20.1 Å². The molecule has 1 saturated heterocycles. The first-order chi connectivity index (χ1) is 13.8. The standard InChI is InChI=1S/C17H24N6O5S/c1-2-4-29(5-3-9(18)17(26)27)6-10-12(24)13(25)16(28-10)23-8-22-11-14(19)20-7-21-15(11)23/h2,4,7-10,12-13,16,24-25H,3,5-6,18H2,1H3,(H2-,19,20,21,26,27)/t9-,10+,12+,13+,16+,29?/m0/s1. The fourth-order valence-corrected chi connectivity index (χ4v) is 5.21. The molecule has 3 rings (SSSR count). The van der Waals surface area contributed by atoms with Crippen LogP contribution in [0.15, 0.2) is 24.1 Å². The van der Waals surface area contributed by atoms with Crippen LogP contribution in [0.25, 0.3) is 11.2 Å². The Bertz CT molecular complexity index is 892. The van der Waals surface area contributed by atoms with Crippen molar-refractivity contribution in [2.24, 2.45) is 5.73 Å². The van der Waals surface area contributed by atoms with E-state index in [0.717, 1.165) is 0 Å². The lowest BCUT2D eigenvalue weighted by Gasteiger charge is -2.16. The highest BCUT2D eigenvalue weighted by Crippen LogP contribution is 2.33. The molecule has 0 aliphatic carbocycles. The first-order valence-corrected chi connectivity index (χ1v) is 10.7. The molecule has 2 aromatic heterocycles. The molecule has 6 atom stereocenters. The summed E-state index contributed by atoms with van der Waals surface area (Å²) in [4.78, 5) is 23.0. The van der Waals surface area contributed by atoms with Crippen LogP contribution >= 0.6 is 0 Å². The molecule has 11 nitrogen and oxygen atoms in total. The lowest BCUT2D eigenvalue weighted by Crippen LogP contribution is -2.43. The second-order valence-corrected chi connectivity index (χ2v) is 8.81. The van der Waals surface area contributed by atoms with Gasteiger partial charge in [0.1, 0.15) is 47.1 Å². The van der Waals surface area contributed by atoms with Crippen LogP contribution in [-0.2, 0) is 20.4 Å². The van der Waals surface area contributed by atoms with E-state index in [2.05, 4.69) is 15.0 Å². The molecule has 1 unspecified atom stereocenters. The molecular formula is C17H24N6O5S. The third-order valence-corrected chi connectivity index (χ3v) is 6.87. The Morgan fingerprint density at radius 3 is 2.86 bits per heavy atom. The van der Waals surface area contributed by atoms with E-state index in [0.29, 0.717) is 22.7 Å². The van der Waals surface area contributed by atoms with Crippen molar-refractivity contribution in [1.82, 2.24) is 19.5 Å². The number of carbonyl (C=O) groups is 1. The SMILES string of the molecule is CC=C[S+](CC[C@H](N)C(=O)[O-])C[C@H]1O[C@@H](n2cnc3c(N)ncnc32)[C@H](O)[C@@H]1O. The molecule has 0 amide bonds. The van der Waals surface area contributed by atoms with Crippen LogP contribution in [0.3, 0.4) is 0 Å². The zero-order valence-electron chi connectivity index (χ0n) is 15.8. The number of aliphatic hydroxyl groups is 2. The molecule has 1 aliphatic heterocycles. The average molecular weight is 424 g/mol. The van der Waals surface area contributed by atoms with E-state index in [1.165, 1.54) is 17.2 Å². The van der Waals surface area contributed by atoms with Crippen molar-refractivity contribution in [3.63, 3.8) is 0 Å². The fraction of sp³-hybridized carbons (Fsp3) is 0.529. The molecule has 12 heteroatoms. The summed E-state index contributed by atoms with van der Waals surface area (Å²) < 4.78 is 7.46. The van der Waals surface area contributed by atoms with Crippen molar-refractivity contribution < 1.29 is 24.9 Å². The van der Waals surface area contributed by atoms with E-state index in [4.69, 9.17) is 16.2 Å². The smallest absolute Gasteiger partial charge is 0.167 e. The van der Waals surface area contributed by atoms with E-state index < -0.39 is 47.4 Å². The Hall–Kier alpha value is -2.25. The number of carbonyl (C=O) groups excluding carboxylic acids is 1. The van der Waals surface area contributed by atoms with Gasteiger partial charge < -0.3 is 36.3 Å². The van der Waals surface area contributed by atoms with Crippen molar-refractivity contribution in [3.8, 4) is 0 Å². The van der Waals surface area contributed by atoms with Gasteiger partial charge in [-0.05, 0) is 13.0 Å². The highest BCUT2D eigenvalue weighted by Gasteiger charge is 2.47. The number of aromatic nitrogens is 4. The van der Waals surface area contributed by atoms with Crippen LogP contribution in [-0.4, -0.2) is 71.6 Å². The number of carboxylic acids is 1. The fourth-order valence-electron chi connectivity index (χ4n) is 3.16.